The SMILES string of the molecule is O=C(NC1CCCCC1)C(=O)N1CCN(c2cccc(Cl)c2)CC1. The van der Waals surface area contributed by atoms with Crippen LogP contribution in [-0.2, 0) is 9.59 Å². The highest BCUT2D eigenvalue weighted by molar-refractivity contribution is 6.35. The second-order valence-electron chi connectivity index (χ2n) is 6.57. The molecule has 1 saturated heterocycles. The molecule has 0 atom stereocenters. The van der Waals surface area contributed by atoms with Gasteiger partial charge in [0, 0.05) is 42.9 Å². The van der Waals surface area contributed by atoms with E-state index in [1.807, 2.05) is 24.3 Å². The zero-order valence-electron chi connectivity index (χ0n) is 13.8. The molecule has 5 nitrogen and oxygen atoms in total. The molecule has 1 saturated carbocycles. The number of amides is 2. The van der Waals surface area contributed by atoms with Gasteiger partial charge in [-0.05, 0) is 31.0 Å². The highest BCUT2D eigenvalue weighted by Gasteiger charge is 2.28. The summed E-state index contributed by atoms with van der Waals surface area (Å²) in [5.74, 6) is -0.843. The topological polar surface area (TPSA) is 52.7 Å². The van der Waals surface area contributed by atoms with E-state index in [1.54, 1.807) is 4.90 Å². The lowest BCUT2D eigenvalue weighted by Crippen LogP contribution is -2.54. The van der Waals surface area contributed by atoms with Gasteiger partial charge in [0.2, 0.25) is 0 Å². The number of piperazine rings is 1. The minimum Gasteiger partial charge on any atom is -0.368 e. The fraction of sp³-hybridized carbons (Fsp3) is 0.556. The molecule has 1 aliphatic carbocycles. The standard InChI is InChI=1S/C18H24ClN3O2/c19-14-5-4-8-16(13-14)21-9-11-22(12-10-21)18(24)17(23)20-15-6-2-1-3-7-15/h4-5,8,13,15H,1-3,6-7,9-12H2,(H,20,23). The van der Waals surface area contributed by atoms with E-state index in [4.69, 9.17) is 11.6 Å². The first-order chi connectivity index (χ1) is 11.6. The summed E-state index contributed by atoms with van der Waals surface area (Å²) in [7, 11) is 0. The predicted molar refractivity (Wildman–Crippen MR) is 95.3 cm³/mol. The van der Waals surface area contributed by atoms with E-state index in [9.17, 15) is 9.59 Å². The van der Waals surface area contributed by atoms with E-state index in [2.05, 4.69) is 10.2 Å². The van der Waals surface area contributed by atoms with Crippen molar-refractivity contribution >= 4 is 29.1 Å². The van der Waals surface area contributed by atoms with Crippen molar-refractivity contribution in [2.75, 3.05) is 31.1 Å². The number of halogens is 1. The average molecular weight is 350 g/mol. The molecule has 0 unspecified atom stereocenters. The van der Waals surface area contributed by atoms with Crippen LogP contribution in [0.15, 0.2) is 24.3 Å². The molecule has 1 aliphatic heterocycles. The molecule has 1 aromatic carbocycles. The van der Waals surface area contributed by atoms with Gasteiger partial charge in [-0.3, -0.25) is 9.59 Å². The van der Waals surface area contributed by atoms with Gasteiger partial charge in [-0.2, -0.15) is 0 Å². The Labute approximate surface area is 147 Å². The van der Waals surface area contributed by atoms with Gasteiger partial charge in [0.15, 0.2) is 0 Å². The van der Waals surface area contributed by atoms with Gasteiger partial charge >= 0.3 is 11.8 Å². The lowest BCUT2D eigenvalue weighted by Gasteiger charge is -2.36. The van der Waals surface area contributed by atoms with E-state index in [-0.39, 0.29) is 6.04 Å². The van der Waals surface area contributed by atoms with Gasteiger partial charge in [-0.25, -0.2) is 0 Å². The molecular weight excluding hydrogens is 326 g/mol. The summed E-state index contributed by atoms with van der Waals surface area (Å²) < 4.78 is 0. The van der Waals surface area contributed by atoms with Gasteiger partial charge in [0.25, 0.3) is 0 Å². The average Bonchev–Trinajstić information content (AvgIpc) is 2.62. The molecule has 3 rings (SSSR count). The lowest BCUT2D eigenvalue weighted by molar-refractivity contribution is -0.146. The van der Waals surface area contributed by atoms with Crippen molar-refractivity contribution in [1.29, 1.82) is 0 Å². The number of nitrogens with one attached hydrogen (secondary N) is 1. The number of nitrogens with zero attached hydrogens (tertiary/aromatic N) is 2. The smallest absolute Gasteiger partial charge is 0.312 e. The van der Waals surface area contributed by atoms with Crippen LogP contribution in [0.2, 0.25) is 5.02 Å². The van der Waals surface area contributed by atoms with Gasteiger partial charge < -0.3 is 15.1 Å². The number of benzene rings is 1. The van der Waals surface area contributed by atoms with Crippen LogP contribution in [0.3, 0.4) is 0 Å². The monoisotopic (exact) mass is 349 g/mol. The number of carbonyl (C=O) groups is 2. The normalized spacial score (nSPS) is 19.2. The molecule has 0 bridgehead atoms. The van der Waals surface area contributed by atoms with Crippen molar-refractivity contribution in [3.8, 4) is 0 Å². The summed E-state index contributed by atoms with van der Waals surface area (Å²) in [6.07, 6.45) is 5.48. The van der Waals surface area contributed by atoms with E-state index in [0.29, 0.717) is 31.2 Å². The Morgan fingerprint density at radius 2 is 1.75 bits per heavy atom. The summed E-state index contributed by atoms with van der Waals surface area (Å²) >= 11 is 6.03. The van der Waals surface area contributed by atoms with Crippen molar-refractivity contribution < 1.29 is 9.59 Å². The molecule has 1 heterocycles. The number of rotatable bonds is 2. The Hall–Kier alpha value is -1.75. The second-order valence-corrected chi connectivity index (χ2v) is 7.00. The molecule has 24 heavy (non-hydrogen) atoms. The third-order valence-electron chi connectivity index (χ3n) is 4.87. The zero-order chi connectivity index (χ0) is 16.9. The van der Waals surface area contributed by atoms with Crippen LogP contribution in [0.25, 0.3) is 0 Å². The van der Waals surface area contributed by atoms with Gasteiger partial charge in [0.1, 0.15) is 0 Å². The highest BCUT2D eigenvalue weighted by Crippen LogP contribution is 2.21. The van der Waals surface area contributed by atoms with Gasteiger partial charge in [-0.1, -0.05) is 36.9 Å². The van der Waals surface area contributed by atoms with Crippen LogP contribution in [0.1, 0.15) is 32.1 Å². The largest absolute Gasteiger partial charge is 0.368 e. The summed E-state index contributed by atoms with van der Waals surface area (Å²) in [5, 5.41) is 3.61. The van der Waals surface area contributed by atoms with Crippen LogP contribution in [-0.4, -0.2) is 48.9 Å². The minimum absolute atomic E-state index is 0.169. The van der Waals surface area contributed by atoms with Crippen LogP contribution >= 0.6 is 11.6 Å². The van der Waals surface area contributed by atoms with E-state index < -0.39 is 11.8 Å². The molecule has 2 fully saturated rings. The molecule has 130 valence electrons. The van der Waals surface area contributed by atoms with Crippen molar-refractivity contribution in [2.45, 2.75) is 38.1 Å². The molecule has 6 heteroatoms. The van der Waals surface area contributed by atoms with E-state index in [0.717, 1.165) is 31.4 Å². The number of carbonyl (C=O) groups excluding carboxylic acids is 2. The first-order valence-electron chi connectivity index (χ1n) is 8.74. The Balaban J connectivity index is 1.50. The maximum Gasteiger partial charge on any atom is 0.312 e. The fourth-order valence-corrected chi connectivity index (χ4v) is 3.66. The van der Waals surface area contributed by atoms with Crippen LogP contribution in [0, 0.1) is 0 Å². The third-order valence-corrected chi connectivity index (χ3v) is 5.11. The van der Waals surface area contributed by atoms with Crippen LogP contribution in [0.4, 0.5) is 5.69 Å². The van der Waals surface area contributed by atoms with Crippen LogP contribution in [0.5, 0.6) is 0 Å². The molecule has 0 spiro atoms. The minimum atomic E-state index is -0.446. The second kappa shape index (κ2) is 7.88. The summed E-state index contributed by atoms with van der Waals surface area (Å²) in [6.45, 7) is 2.54. The molecule has 1 aromatic rings. The fourth-order valence-electron chi connectivity index (χ4n) is 3.48. The van der Waals surface area contributed by atoms with E-state index >= 15 is 0 Å². The summed E-state index contributed by atoms with van der Waals surface area (Å²) in [4.78, 5) is 28.4. The Morgan fingerprint density at radius 3 is 2.42 bits per heavy atom. The molecule has 1 N–H and O–H groups in total. The molecule has 0 aromatic heterocycles. The summed E-state index contributed by atoms with van der Waals surface area (Å²) in [6, 6.07) is 7.88. The number of hydrogen-bond donors (Lipinski definition) is 1. The molecule has 0 radical (unpaired) electrons. The number of anilines is 1. The van der Waals surface area contributed by atoms with Gasteiger partial charge in [0.05, 0.1) is 0 Å². The Kier molecular flexibility index (Phi) is 5.61. The first kappa shape index (κ1) is 17.1. The van der Waals surface area contributed by atoms with Crippen LogP contribution < -0.4 is 10.2 Å². The van der Waals surface area contributed by atoms with Crippen molar-refractivity contribution in [2.24, 2.45) is 0 Å². The highest BCUT2D eigenvalue weighted by atomic mass is 35.5. The zero-order valence-corrected chi connectivity index (χ0v) is 14.6. The first-order valence-corrected chi connectivity index (χ1v) is 9.11. The van der Waals surface area contributed by atoms with E-state index in [1.165, 1.54) is 6.42 Å². The number of hydrogen-bond acceptors (Lipinski definition) is 3. The third kappa shape index (κ3) is 4.20. The predicted octanol–water partition coefficient (Wildman–Crippen LogP) is 2.44. The quantitative estimate of drug-likeness (QED) is 0.834. The maximum absolute atomic E-state index is 12.3. The van der Waals surface area contributed by atoms with Crippen molar-refractivity contribution in [3.05, 3.63) is 29.3 Å². The van der Waals surface area contributed by atoms with Crippen molar-refractivity contribution in [1.82, 2.24) is 10.2 Å². The molecular formula is C18H24ClN3O2. The molecule has 2 amide bonds. The van der Waals surface area contributed by atoms with Crippen molar-refractivity contribution in [3.63, 3.8) is 0 Å². The van der Waals surface area contributed by atoms with Gasteiger partial charge in [-0.15, -0.1) is 0 Å². The summed E-state index contributed by atoms with van der Waals surface area (Å²) in [5.41, 5.74) is 1.06. The Bertz CT molecular complexity index is 594. The Morgan fingerprint density at radius 1 is 1.04 bits per heavy atom. The lowest BCUT2D eigenvalue weighted by atomic mass is 9.95. The molecule has 2 aliphatic rings. The maximum atomic E-state index is 12.3.